The van der Waals surface area contributed by atoms with Gasteiger partial charge in [0.1, 0.15) is 0 Å². The zero-order valence-corrected chi connectivity index (χ0v) is 11.0. The number of amides is 1. The maximum Gasteiger partial charge on any atom is 0.471 e. The molecule has 18 heavy (non-hydrogen) atoms. The van der Waals surface area contributed by atoms with Gasteiger partial charge < -0.3 is 10.6 Å². The molecule has 1 fully saturated rings. The van der Waals surface area contributed by atoms with Crippen LogP contribution in [-0.2, 0) is 4.79 Å². The smallest absolute Gasteiger partial charge is 0.334 e. The Hall–Kier alpha value is -0.780. The molecule has 1 amide bonds. The van der Waals surface area contributed by atoms with Gasteiger partial charge in [0.05, 0.1) is 0 Å². The first-order chi connectivity index (χ1) is 8.12. The number of hydrogen-bond acceptors (Lipinski definition) is 2. The molecule has 3 unspecified atom stereocenters. The number of likely N-dealkylation sites (tertiary alicyclic amines) is 1. The highest BCUT2D eigenvalue weighted by Crippen LogP contribution is 2.31. The summed E-state index contributed by atoms with van der Waals surface area (Å²) in [4.78, 5) is 12.2. The molecule has 4 atom stereocenters. The first-order valence-corrected chi connectivity index (χ1v) is 6.24. The van der Waals surface area contributed by atoms with Gasteiger partial charge in [0, 0.05) is 19.1 Å². The van der Waals surface area contributed by atoms with Crippen molar-refractivity contribution in [2.45, 2.75) is 39.4 Å². The lowest BCUT2D eigenvalue weighted by Crippen LogP contribution is -2.51. The third-order valence-electron chi connectivity index (χ3n) is 3.79. The maximum absolute atomic E-state index is 12.4. The highest BCUT2D eigenvalue weighted by atomic mass is 19.4. The molecule has 0 aromatic carbocycles. The number of piperidine rings is 1. The van der Waals surface area contributed by atoms with Crippen molar-refractivity contribution in [1.29, 1.82) is 0 Å². The predicted molar refractivity (Wildman–Crippen MR) is 62.7 cm³/mol. The van der Waals surface area contributed by atoms with Crippen molar-refractivity contribution in [1.82, 2.24) is 4.90 Å². The molecule has 106 valence electrons. The molecule has 0 spiro atoms. The zero-order chi connectivity index (χ0) is 14.1. The molecular weight excluding hydrogens is 245 g/mol. The summed E-state index contributed by atoms with van der Waals surface area (Å²) in [5.74, 6) is -1.50. The van der Waals surface area contributed by atoms with Crippen LogP contribution in [0.2, 0.25) is 0 Å². The zero-order valence-electron chi connectivity index (χ0n) is 11.0. The van der Waals surface area contributed by atoms with Crippen LogP contribution in [0, 0.1) is 17.8 Å². The SMILES string of the molecule is CC1CC(C(C)[C@H](C)N)CN(C(=O)C(F)(F)F)C1. The Labute approximate surface area is 106 Å². The first kappa shape index (κ1) is 15.3. The average molecular weight is 266 g/mol. The summed E-state index contributed by atoms with van der Waals surface area (Å²) in [5.41, 5.74) is 5.79. The lowest BCUT2D eigenvalue weighted by molar-refractivity contribution is -0.188. The van der Waals surface area contributed by atoms with Gasteiger partial charge in [0.15, 0.2) is 0 Å². The Morgan fingerprint density at radius 2 is 1.89 bits per heavy atom. The quantitative estimate of drug-likeness (QED) is 0.831. The highest BCUT2D eigenvalue weighted by molar-refractivity contribution is 5.82. The van der Waals surface area contributed by atoms with E-state index in [2.05, 4.69) is 0 Å². The number of alkyl halides is 3. The van der Waals surface area contributed by atoms with Crippen LogP contribution in [0.4, 0.5) is 13.2 Å². The minimum absolute atomic E-state index is 0.0417. The van der Waals surface area contributed by atoms with Crippen LogP contribution in [0.25, 0.3) is 0 Å². The van der Waals surface area contributed by atoms with E-state index in [-0.39, 0.29) is 36.9 Å². The summed E-state index contributed by atoms with van der Waals surface area (Å²) >= 11 is 0. The predicted octanol–water partition coefficient (Wildman–Crippen LogP) is 2.02. The second-order valence-corrected chi connectivity index (χ2v) is 5.53. The van der Waals surface area contributed by atoms with Gasteiger partial charge in [-0.05, 0) is 31.1 Å². The van der Waals surface area contributed by atoms with Gasteiger partial charge in [-0.3, -0.25) is 4.79 Å². The van der Waals surface area contributed by atoms with E-state index in [0.717, 1.165) is 11.3 Å². The van der Waals surface area contributed by atoms with Gasteiger partial charge >= 0.3 is 12.1 Å². The fraction of sp³-hybridized carbons (Fsp3) is 0.917. The lowest BCUT2D eigenvalue weighted by atomic mass is 9.79. The summed E-state index contributed by atoms with van der Waals surface area (Å²) in [6.07, 6.45) is -3.95. The van der Waals surface area contributed by atoms with Crippen molar-refractivity contribution in [3.8, 4) is 0 Å². The normalized spacial score (nSPS) is 28.9. The molecule has 1 rings (SSSR count). The maximum atomic E-state index is 12.4. The number of nitrogens with two attached hydrogens (primary N) is 1. The third kappa shape index (κ3) is 3.60. The number of halogens is 3. The van der Waals surface area contributed by atoms with Crippen molar-refractivity contribution >= 4 is 5.91 Å². The number of hydrogen-bond donors (Lipinski definition) is 1. The van der Waals surface area contributed by atoms with E-state index in [1.807, 2.05) is 20.8 Å². The molecule has 0 bridgehead atoms. The minimum atomic E-state index is -4.78. The standard InChI is InChI=1S/C12H21F3N2O/c1-7-4-10(8(2)9(3)16)6-17(5-7)11(18)12(13,14)15/h7-10H,4-6,16H2,1-3H3/t7?,8?,9-,10?/m0/s1. The number of nitrogens with zero attached hydrogens (tertiary/aromatic N) is 1. The molecule has 0 radical (unpaired) electrons. The number of carbonyl (C=O) groups excluding carboxylic acids is 1. The Balaban J connectivity index is 2.75. The Kier molecular flexibility index (Phi) is 4.64. The van der Waals surface area contributed by atoms with Crippen LogP contribution in [0.1, 0.15) is 27.2 Å². The van der Waals surface area contributed by atoms with E-state index in [0.29, 0.717) is 0 Å². The molecule has 0 saturated carbocycles. The van der Waals surface area contributed by atoms with Crippen molar-refractivity contribution in [3.05, 3.63) is 0 Å². The monoisotopic (exact) mass is 266 g/mol. The Bertz CT molecular complexity index is 304. The molecule has 1 aliphatic rings. The molecule has 0 aromatic heterocycles. The molecular formula is C12H21F3N2O. The van der Waals surface area contributed by atoms with Gasteiger partial charge in [-0.1, -0.05) is 13.8 Å². The van der Waals surface area contributed by atoms with Crippen molar-refractivity contribution in [2.75, 3.05) is 13.1 Å². The van der Waals surface area contributed by atoms with Gasteiger partial charge in [-0.25, -0.2) is 0 Å². The molecule has 0 aromatic rings. The van der Waals surface area contributed by atoms with Gasteiger partial charge in [0.2, 0.25) is 0 Å². The minimum Gasteiger partial charge on any atom is -0.334 e. The van der Waals surface area contributed by atoms with Crippen molar-refractivity contribution in [2.24, 2.45) is 23.5 Å². The molecule has 6 heteroatoms. The number of carbonyl (C=O) groups is 1. The van der Waals surface area contributed by atoms with E-state index < -0.39 is 12.1 Å². The van der Waals surface area contributed by atoms with E-state index in [1.165, 1.54) is 0 Å². The molecule has 1 saturated heterocycles. The average Bonchev–Trinajstić information content (AvgIpc) is 2.24. The first-order valence-electron chi connectivity index (χ1n) is 6.24. The van der Waals surface area contributed by atoms with Crippen LogP contribution >= 0.6 is 0 Å². The van der Waals surface area contributed by atoms with E-state index in [1.54, 1.807) is 0 Å². The molecule has 1 aliphatic heterocycles. The summed E-state index contributed by atoms with van der Waals surface area (Å²) in [7, 11) is 0. The fourth-order valence-corrected chi connectivity index (χ4v) is 2.56. The highest BCUT2D eigenvalue weighted by Gasteiger charge is 2.45. The van der Waals surface area contributed by atoms with Crippen LogP contribution in [0.5, 0.6) is 0 Å². The van der Waals surface area contributed by atoms with E-state index in [4.69, 9.17) is 5.73 Å². The Morgan fingerprint density at radius 3 is 2.33 bits per heavy atom. The molecule has 1 heterocycles. The molecule has 0 aliphatic carbocycles. The van der Waals surface area contributed by atoms with Gasteiger partial charge in [-0.15, -0.1) is 0 Å². The van der Waals surface area contributed by atoms with Gasteiger partial charge in [0.25, 0.3) is 0 Å². The Morgan fingerprint density at radius 1 is 1.33 bits per heavy atom. The van der Waals surface area contributed by atoms with Crippen molar-refractivity contribution < 1.29 is 18.0 Å². The molecule has 3 nitrogen and oxygen atoms in total. The fourth-order valence-electron chi connectivity index (χ4n) is 2.56. The number of rotatable bonds is 2. The third-order valence-corrected chi connectivity index (χ3v) is 3.79. The topological polar surface area (TPSA) is 46.3 Å². The van der Waals surface area contributed by atoms with Gasteiger partial charge in [-0.2, -0.15) is 13.2 Å². The second kappa shape index (κ2) is 5.47. The summed E-state index contributed by atoms with van der Waals surface area (Å²) in [5, 5.41) is 0. The molecule has 2 N–H and O–H groups in total. The van der Waals surface area contributed by atoms with Crippen LogP contribution in [0.3, 0.4) is 0 Å². The van der Waals surface area contributed by atoms with Crippen LogP contribution in [-0.4, -0.2) is 36.1 Å². The lowest BCUT2D eigenvalue weighted by Gasteiger charge is -2.40. The van der Waals surface area contributed by atoms with Crippen molar-refractivity contribution in [3.63, 3.8) is 0 Å². The van der Waals surface area contributed by atoms with E-state index >= 15 is 0 Å². The summed E-state index contributed by atoms with van der Waals surface area (Å²) in [6.45, 7) is 5.99. The summed E-state index contributed by atoms with van der Waals surface area (Å²) in [6, 6.07) is -0.0804. The second-order valence-electron chi connectivity index (χ2n) is 5.53. The van der Waals surface area contributed by atoms with E-state index in [9.17, 15) is 18.0 Å². The van der Waals surface area contributed by atoms with Crippen LogP contribution < -0.4 is 5.73 Å². The largest absolute Gasteiger partial charge is 0.471 e. The van der Waals surface area contributed by atoms with Crippen LogP contribution in [0.15, 0.2) is 0 Å². The summed E-state index contributed by atoms with van der Waals surface area (Å²) < 4.78 is 37.3.